The summed E-state index contributed by atoms with van der Waals surface area (Å²) in [4.78, 5) is 14.7. The Kier molecular flexibility index (Phi) is 8.34. The lowest BCUT2D eigenvalue weighted by Crippen LogP contribution is -2.35. The molecule has 0 saturated carbocycles. The maximum atomic E-state index is 14.6. The monoisotopic (exact) mass is 529 g/mol. The van der Waals surface area contributed by atoms with Crippen LogP contribution in [0.2, 0.25) is 0 Å². The first-order valence-electron chi connectivity index (χ1n) is 11.6. The van der Waals surface area contributed by atoms with Gasteiger partial charge in [0, 0.05) is 37.1 Å². The molecule has 2 unspecified atom stereocenters. The molecule has 2 aromatic carbocycles. The van der Waals surface area contributed by atoms with Gasteiger partial charge in [-0.1, -0.05) is 25.1 Å². The third kappa shape index (κ3) is 6.56. The van der Waals surface area contributed by atoms with Crippen LogP contribution in [-0.2, 0) is 27.4 Å². The highest BCUT2D eigenvalue weighted by atomic mass is 32.2. The maximum absolute atomic E-state index is 14.6. The third-order valence-corrected chi connectivity index (χ3v) is 7.85. The van der Waals surface area contributed by atoms with Crippen LogP contribution in [-0.4, -0.2) is 33.7 Å². The Labute approximate surface area is 208 Å². The fraction of sp³-hybridized carbons (Fsp3) is 0.480. The molecule has 2 atom stereocenters. The molecule has 0 bridgehead atoms. The molecule has 11 heteroatoms. The molecule has 0 spiro atoms. The van der Waals surface area contributed by atoms with Crippen molar-refractivity contribution < 1.29 is 30.8 Å². The average Bonchev–Trinajstić information content (AvgIpc) is 2.80. The smallest absolute Gasteiger partial charge is 0.371 e. The van der Waals surface area contributed by atoms with Gasteiger partial charge in [-0.15, -0.1) is 0 Å². The van der Waals surface area contributed by atoms with Crippen molar-refractivity contribution in [3.63, 3.8) is 0 Å². The number of nitrogens with zero attached hydrogens (tertiary/aromatic N) is 1. The molecule has 1 aliphatic rings. The van der Waals surface area contributed by atoms with E-state index in [-0.39, 0.29) is 12.1 Å². The zero-order valence-electron chi connectivity index (χ0n) is 20.4. The number of nitrogens with one attached hydrogen (secondary N) is 1. The van der Waals surface area contributed by atoms with Crippen molar-refractivity contribution in [1.29, 1.82) is 0 Å². The molecule has 3 rings (SSSR count). The molecule has 2 aromatic rings. The Balaban J connectivity index is 1.77. The number of hydrogen-bond donors (Lipinski definition) is 2. The number of carbonyl (C=O) groups is 1. The van der Waals surface area contributed by atoms with Crippen LogP contribution in [0, 0.1) is 11.7 Å². The topological polar surface area (TPSA) is 92.5 Å². The molecule has 0 radical (unpaired) electrons. The summed E-state index contributed by atoms with van der Waals surface area (Å²) >= 11 is 0. The molecule has 1 aliphatic heterocycles. The van der Waals surface area contributed by atoms with Crippen LogP contribution in [0.4, 0.5) is 23.2 Å². The molecule has 1 saturated heterocycles. The van der Waals surface area contributed by atoms with Crippen molar-refractivity contribution in [2.45, 2.75) is 50.7 Å². The summed E-state index contributed by atoms with van der Waals surface area (Å²) in [5.41, 5.74) is 5.97. The Hall–Kier alpha value is -2.66. The van der Waals surface area contributed by atoms with Crippen molar-refractivity contribution in [2.75, 3.05) is 24.2 Å². The minimum absolute atomic E-state index is 0.00220. The highest BCUT2D eigenvalue weighted by Gasteiger charge is 2.32. The van der Waals surface area contributed by atoms with Crippen LogP contribution in [0.25, 0.3) is 0 Å². The van der Waals surface area contributed by atoms with Gasteiger partial charge in [-0.05, 0) is 55.0 Å². The summed E-state index contributed by atoms with van der Waals surface area (Å²) in [5, 5.41) is 1.21. The van der Waals surface area contributed by atoms with E-state index in [2.05, 4.69) is 12.2 Å². The number of piperidine rings is 1. The molecule has 36 heavy (non-hydrogen) atoms. The molecule has 198 valence electrons. The average molecular weight is 530 g/mol. The van der Waals surface area contributed by atoms with Gasteiger partial charge in [-0.25, -0.2) is 12.8 Å². The quantitative estimate of drug-likeness (QED) is 0.516. The van der Waals surface area contributed by atoms with Gasteiger partial charge in [-0.3, -0.25) is 4.79 Å². The predicted octanol–water partition coefficient (Wildman–Crippen LogP) is 4.50. The number of amides is 1. The van der Waals surface area contributed by atoms with E-state index >= 15 is 0 Å². The molecular weight excluding hydrogens is 498 g/mol. The summed E-state index contributed by atoms with van der Waals surface area (Å²) in [6.45, 7) is 4.92. The van der Waals surface area contributed by atoms with E-state index in [1.54, 1.807) is 6.92 Å². The second-order valence-electron chi connectivity index (χ2n) is 9.48. The van der Waals surface area contributed by atoms with E-state index < -0.39 is 44.6 Å². The van der Waals surface area contributed by atoms with E-state index in [1.165, 1.54) is 18.2 Å². The van der Waals surface area contributed by atoms with Crippen molar-refractivity contribution in [3.05, 3.63) is 64.5 Å². The van der Waals surface area contributed by atoms with Crippen molar-refractivity contribution in [3.8, 4) is 0 Å². The summed E-state index contributed by atoms with van der Waals surface area (Å²) in [6, 6.07) is 7.25. The zero-order valence-corrected chi connectivity index (χ0v) is 21.2. The summed E-state index contributed by atoms with van der Waals surface area (Å²) < 4.78 is 77.9. The molecule has 0 aromatic heterocycles. The van der Waals surface area contributed by atoms with Gasteiger partial charge < -0.3 is 16.0 Å². The predicted molar refractivity (Wildman–Crippen MR) is 130 cm³/mol. The van der Waals surface area contributed by atoms with Gasteiger partial charge in [0.25, 0.3) is 0 Å². The Morgan fingerprint density at radius 1 is 1.17 bits per heavy atom. The number of hydrogen-bond acceptors (Lipinski definition) is 5. The number of anilines is 1. The number of halogens is 4. The lowest BCUT2D eigenvalue weighted by molar-refractivity contribution is -0.137. The van der Waals surface area contributed by atoms with Gasteiger partial charge in [0.2, 0.25) is 5.91 Å². The maximum Gasteiger partial charge on any atom is 0.416 e. The van der Waals surface area contributed by atoms with Gasteiger partial charge in [0.05, 0.1) is 11.5 Å². The fourth-order valence-corrected chi connectivity index (χ4v) is 4.85. The van der Waals surface area contributed by atoms with Gasteiger partial charge in [0.15, 0.2) is 9.84 Å². The largest absolute Gasteiger partial charge is 0.416 e. The zero-order chi connectivity index (χ0) is 26.8. The van der Waals surface area contributed by atoms with E-state index in [0.717, 1.165) is 37.3 Å². The third-order valence-electron chi connectivity index (χ3n) is 6.68. The Morgan fingerprint density at radius 3 is 2.36 bits per heavy atom. The number of benzene rings is 2. The highest BCUT2D eigenvalue weighted by molar-refractivity contribution is 7.90. The molecule has 1 amide bonds. The van der Waals surface area contributed by atoms with E-state index in [4.69, 9.17) is 5.73 Å². The first-order valence-corrected chi connectivity index (χ1v) is 13.6. The lowest BCUT2D eigenvalue weighted by atomic mass is 9.97. The van der Waals surface area contributed by atoms with E-state index in [1.807, 2.05) is 4.90 Å². The van der Waals surface area contributed by atoms with Crippen molar-refractivity contribution in [1.82, 2.24) is 5.32 Å². The lowest BCUT2D eigenvalue weighted by Gasteiger charge is -2.34. The van der Waals surface area contributed by atoms with Crippen LogP contribution in [0.3, 0.4) is 0 Å². The standard InChI is InChI=1S/C25H31F4N3O3S/c1-15-8-10-32(11-9-15)22-13-19(25(27,28)29)6-4-18(22)14-31-24(33)16(2)17-5-7-20(21(26)12-17)23(30)36(3,34)35/h4-7,12-13,15-16,23H,8-11,14,30H2,1-3H3,(H,31,33). The minimum Gasteiger partial charge on any atom is -0.371 e. The highest BCUT2D eigenvalue weighted by Crippen LogP contribution is 2.35. The van der Waals surface area contributed by atoms with E-state index in [0.29, 0.717) is 35.8 Å². The molecule has 3 N–H and O–H groups in total. The number of nitrogens with two attached hydrogens (primary N) is 1. The van der Waals surface area contributed by atoms with Gasteiger partial charge in [0.1, 0.15) is 11.2 Å². The number of sulfone groups is 1. The minimum atomic E-state index is -4.48. The molecule has 1 heterocycles. The molecular formula is C25H31F4N3O3S. The van der Waals surface area contributed by atoms with Crippen LogP contribution in [0.1, 0.15) is 60.2 Å². The second-order valence-corrected chi connectivity index (χ2v) is 11.6. The van der Waals surface area contributed by atoms with Crippen molar-refractivity contribution in [2.24, 2.45) is 11.7 Å². The molecule has 6 nitrogen and oxygen atoms in total. The van der Waals surface area contributed by atoms with Crippen molar-refractivity contribution >= 4 is 21.4 Å². The molecule has 0 aliphatic carbocycles. The van der Waals surface area contributed by atoms with Crippen LogP contribution in [0.15, 0.2) is 36.4 Å². The number of rotatable bonds is 7. The first-order chi connectivity index (χ1) is 16.7. The Morgan fingerprint density at radius 2 is 1.81 bits per heavy atom. The second kappa shape index (κ2) is 10.8. The van der Waals surface area contributed by atoms with Gasteiger partial charge >= 0.3 is 6.18 Å². The fourth-order valence-electron chi connectivity index (χ4n) is 4.19. The van der Waals surface area contributed by atoms with Crippen LogP contribution < -0.4 is 16.0 Å². The first kappa shape index (κ1) is 27.9. The Bertz CT molecular complexity index is 1210. The summed E-state index contributed by atoms with van der Waals surface area (Å²) in [6.07, 6.45) is -1.85. The van der Waals surface area contributed by atoms with E-state index in [9.17, 15) is 30.8 Å². The number of alkyl halides is 3. The summed E-state index contributed by atoms with van der Waals surface area (Å²) in [7, 11) is -3.71. The summed E-state index contributed by atoms with van der Waals surface area (Å²) in [5.74, 6) is -1.59. The van der Waals surface area contributed by atoms with Gasteiger partial charge in [-0.2, -0.15) is 13.2 Å². The van der Waals surface area contributed by atoms with Crippen LogP contribution in [0.5, 0.6) is 0 Å². The van der Waals surface area contributed by atoms with Crippen LogP contribution >= 0.6 is 0 Å². The SMILES string of the molecule is CC1CCN(c2cc(C(F)(F)F)ccc2CNC(=O)C(C)c2ccc(C(N)S(C)(=O)=O)c(F)c2)CC1. The normalized spacial score (nSPS) is 17.1. The molecule has 1 fully saturated rings. The number of carbonyl (C=O) groups excluding carboxylic acids is 1.